The van der Waals surface area contributed by atoms with Crippen molar-refractivity contribution >= 4 is 44.3 Å². The Bertz CT molecular complexity index is 835. The first-order valence-electron chi connectivity index (χ1n) is 8.94. The molecular formula is C20H27NO4S2. The Morgan fingerprint density at radius 2 is 1.85 bits per heavy atom. The van der Waals surface area contributed by atoms with Gasteiger partial charge in [0.15, 0.2) is 11.0 Å². The number of rotatable bonds is 6. The molecule has 2 aromatic rings. The first-order chi connectivity index (χ1) is 12.5. The van der Waals surface area contributed by atoms with Crippen LogP contribution in [-0.2, 0) is 25.3 Å². The maximum Gasteiger partial charge on any atom is 0.322 e. The topological polar surface area (TPSA) is 72.5 Å². The summed E-state index contributed by atoms with van der Waals surface area (Å²) >= 11 is 1.36. The van der Waals surface area contributed by atoms with Crippen molar-refractivity contribution in [1.29, 1.82) is 0 Å². The lowest BCUT2D eigenvalue weighted by atomic mass is 9.76. The highest BCUT2D eigenvalue weighted by atomic mass is 32.2. The molecule has 2 unspecified atom stereocenters. The van der Waals surface area contributed by atoms with Crippen LogP contribution >= 0.6 is 11.3 Å². The van der Waals surface area contributed by atoms with E-state index in [0.29, 0.717) is 10.6 Å². The molecule has 0 bridgehead atoms. The number of fused-ring (bicyclic) bond motifs is 1. The summed E-state index contributed by atoms with van der Waals surface area (Å²) in [7, 11) is -1.74. The number of esters is 1. The third-order valence-electron chi connectivity index (χ3n) is 4.66. The van der Waals surface area contributed by atoms with E-state index in [4.69, 9.17) is 4.74 Å². The number of hydrogen-bond donors (Lipinski definition) is 1. The first-order valence-corrected chi connectivity index (χ1v) is 10.9. The SMILES string of the molecule is CC[C@H](C)C(C)(C(=O)NS(=O)c1cc2ccccc2s1)C(=O)OC(C)(C)C. The zero-order valence-corrected chi connectivity index (χ0v) is 18.3. The third kappa shape index (κ3) is 4.76. The fourth-order valence-electron chi connectivity index (χ4n) is 2.60. The fraction of sp³-hybridized carbons (Fsp3) is 0.500. The molecular weight excluding hydrogens is 382 g/mol. The molecule has 0 saturated heterocycles. The number of thiophene rings is 1. The van der Waals surface area contributed by atoms with Gasteiger partial charge in [-0.05, 0) is 51.1 Å². The molecule has 7 heteroatoms. The zero-order chi connectivity index (χ0) is 20.4. The number of ether oxygens (including phenoxy) is 1. The van der Waals surface area contributed by atoms with E-state index in [2.05, 4.69) is 4.72 Å². The van der Waals surface area contributed by atoms with Gasteiger partial charge in [-0.1, -0.05) is 38.5 Å². The average Bonchev–Trinajstić information content (AvgIpc) is 3.02. The second-order valence-electron chi connectivity index (χ2n) is 7.82. The van der Waals surface area contributed by atoms with Gasteiger partial charge < -0.3 is 4.74 Å². The molecule has 0 aliphatic carbocycles. The molecule has 0 radical (unpaired) electrons. The maximum atomic E-state index is 13.0. The smallest absolute Gasteiger partial charge is 0.322 e. The van der Waals surface area contributed by atoms with Crippen molar-refractivity contribution in [1.82, 2.24) is 4.72 Å². The van der Waals surface area contributed by atoms with Gasteiger partial charge in [-0.25, -0.2) is 4.21 Å². The van der Waals surface area contributed by atoms with Crippen molar-refractivity contribution in [2.24, 2.45) is 11.3 Å². The highest BCUT2D eigenvalue weighted by molar-refractivity contribution is 7.86. The highest BCUT2D eigenvalue weighted by Gasteiger charge is 2.48. The average molecular weight is 410 g/mol. The van der Waals surface area contributed by atoms with Crippen LogP contribution in [0.5, 0.6) is 0 Å². The molecule has 5 nitrogen and oxygen atoms in total. The summed E-state index contributed by atoms with van der Waals surface area (Å²) in [6.07, 6.45) is 0.610. The van der Waals surface area contributed by atoms with Gasteiger partial charge in [0.2, 0.25) is 5.91 Å². The molecule has 1 heterocycles. The van der Waals surface area contributed by atoms with Crippen molar-refractivity contribution in [2.45, 2.75) is 57.8 Å². The van der Waals surface area contributed by atoms with E-state index in [9.17, 15) is 13.8 Å². The van der Waals surface area contributed by atoms with Gasteiger partial charge in [-0.3, -0.25) is 14.3 Å². The minimum atomic E-state index is -1.74. The van der Waals surface area contributed by atoms with E-state index in [1.807, 2.05) is 38.1 Å². The van der Waals surface area contributed by atoms with Crippen LogP contribution in [0.1, 0.15) is 48.0 Å². The molecule has 1 amide bonds. The Morgan fingerprint density at radius 3 is 2.41 bits per heavy atom. The van der Waals surface area contributed by atoms with Gasteiger partial charge in [0.1, 0.15) is 15.2 Å². The monoisotopic (exact) mass is 409 g/mol. The minimum Gasteiger partial charge on any atom is -0.459 e. The van der Waals surface area contributed by atoms with Gasteiger partial charge >= 0.3 is 5.97 Å². The number of amides is 1. The second-order valence-corrected chi connectivity index (χ2v) is 10.3. The van der Waals surface area contributed by atoms with Crippen LogP contribution in [-0.4, -0.2) is 21.7 Å². The van der Waals surface area contributed by atoms with Crippen molar-refractivity contribution < 1.29 is 18.5 Å². The number of carbonyl (C=O) groups excluding carboxylic acids is 2. The Hall–Kier alpha value is -1.73. The predicted octanol–water partition coefficient (Wildman–Crippen LogP) is 4.43. The van der Waals surface area contributed by atoms with Crippen LogP contribution in [0, 0.1) is 11.3 Å². The molecule has 1 N–H and O–H groups in total. The summed E-state index contributed by atoms with van der Waals surface area (Å²) in [5.74, 6) is -1.45. The highest BCUT2D eigenvalue weighted by Crippen LogP contribution is 2.34. The molecule has 27 heavy (non-hydrogen) atoms. The molecule has 0 fully saturated rings. The minimum absolute atomic E-state index is 0.272. The van der Waals surface area contributed by atoms with Crippen LogP contribution in [0.4, 0.5) is 0 Å². The Labute approximate surface area is 167 Å². The van der Waals surface area contributed by atoms with Crippen LogP contribution in [0.25, 0.3) is 10.1 Å². The molecule has 3 atom stereocenters. The van der Waals surface area contributed by atoms with Gasteiger partial charge in [0, 0.05) is 4.70 Å². The van der Waals surface area contributed by atoms with Gasteiger partial charge in [0.25, 0.3) is 0 Å². The van der Waals surface area contributed by atoms with Crippen molar-refractivity contribution in [3.05, 3.63) is 30.3 Å². The Morgan fingerprint density at radius 1 is 1.22 bits per heavy atom. The van der Waals surface area contributed by atoms with Crippen LogP contribution in [0.2, 0.25) is 0 Å². The van der Waals surface area contributed by atoms with E-state index < -0.39 is 33.9 Å². The number of nitrogens with one attached hydrogen (secondary N) is 1. The molecule has 148 valence electrons. The molecule has 0 saturated carbocycles. The Kier molecular flexibility index (Phi) is 6.47. The maximum absolute atomic E-state index is 13.0. The number of benzene rings is 1. The summed E-state index contributed by atoms with van der Waals surface area (Å²) in [6, 6.07) is 9.48. The van der Waals surface area contributed by atoms with E-state index >= 15 is 0 Å². The fourth-order valence-corrected chi connectivity index (χ4v) is 4.81. The third-order valence-corrected chi connectivity index (χ3v) is 7.13. The van der Waals surface area contributed by atoms with E-state index in [0.717, 1.165) is 10.1 Å². The van der Waals surface area contributed by atoms with E-state index in [-0.39, 0.29) is 5.92 Å². The molecule has 1 aromatic heterocycles. The van der Waals surface area contributed by atoms with Crippen LogP contribution in [0.15, 0.2) is 34.5 Å². The Balaban J connectivity index is 2.26. The first kappa shape index (κ1) is 21.6. The molecule has 0 spiro atoms. The summed E-state index contributed by atoms with van der Waals surface area (Å²) in [5, 5.41) is 0.969. The zero-order valence-electron chi connectivity index (χ0n) is 16.6. The molecule has 0 aliphatic rings. The summed E-state index contributed by atoms with van der Waals surface area (Å²) in [6.45, 7) is 10.6. The predicted molar refractivity (Wildman–Crippen MR) is 110 cm³/mol. The normalized spacial score (nSPS) is 16.4. The van der Waals surface area contributed by atoms with Gasteiger partial charge in [-0.15, -0.1) is 11.3 Å². The largest absolute Gasteiger partial charge is 0.459 e. The number of carbonyl (C=O) groups is 2. The number of hydrogen-bond acceptors (Lipinski definition) is 5. The quantitative estimate of drug-likeness (QED) is 0.566. The molecule has 2 rings (SSSR count). The van der Waals surface area contributed by atoms with Crippen molar-refractivity contribution in [2.75, 3.05) is 0 Å². The van der Waals surface area contributed by atoms with Crippen molar-refractivity contribution in [3.8, 4) is 0 Å². The lowest BCUT2D eigenvalue weighted by Crippen LogP contribution is -2.51. The van der Waals surface area contributed by atoms with Crippen LogP contribution < -0.4 is 4.72 Å². The molecule has 0 aliphatic heterocycles. The lowest BCUT2D eigenvalue weighted by Gasteiger charge is -2.34. The van der Waals surface area contributed by atoms with E-state index in [1.165, 1.54) is 11.3 Å². The lowest BCUT2D eigenvalue weighted by molar-refractivity contribution is -0.173. The molecule has 1 aromatic carbocycles. The standard InChI is InChI=1S/C20H27NO4S2/c1-7-13(2)20(6,18(23)25-19(3,4)5)17(22)21-27(24)16-12-14-10-8-9-11-15(14)26-16/h8-13H,7H2,1-6H3,(H,21,22)/t13-,20?,27?/m0/s1. The van der Waals surface area contributed by atoms with Crippen LogP contribution in [0.3, 0.4) is 0 Å². The summed E-state index contributed by atoms with van der Waals surface area (Å²) in [4.78, 5) is 25.8. The second kappa shape index (κ2) is 8.10. The summed E-state index contributed by atoms with van der Waals surface area (Å²) < 4.78 is 22.3. The van der Waals surface area contributed by atoms with Gasteiger partial charge in [-0.2, -0.15) is 0 Å². The van der Waals surface area contributed by atoms with Gasteiger partial charge in [0.05, 0.1) is 0 Å². The van der Waals surface area contributed by atoms with E-state index in [1.54, 1.807) is 33.8 Å². The summed E-state index contributed by atoms with van der Waals surface area (Å²) in [5.41, 5.74) is -2.13. The van der Waals surface area contributed by atoms with Crippen molar-refractivity contribution in [3.63, 3.8) is 0 Å².